The number of thiophene rings is 1. The summed E-state index contributed by atoms with van der Waals surface area (Å²) in [7, 11) is 1.30. The molecule has 1 aliphatic carbocycles. The largest absolute Gasteiger partial charge is 0.453 e. The van der Waals surface area contributed by atoms with Crippen LogP contribution in [0.5, 0.6) is 0 Å². The fraction of sp³-hybridized carbons (Fsp3) is 0.412. The molecule has 0 bridgehead atoms. The summed E-state index contributed by atoms with van der Waals surface area (Å²) >= 11 is 1.73. The van der Waals surface area contributed by atoms with Gasteiger partial charge in [-0.1, -0.05) is 95.5 Å². The molecule has 13 nitrogen and oxygen atoms in total. The molecule has 14 heteroatoms. The number of carbonyl (C=O) groups is 4. The maximum Gasteiger partial charge on any atom is 0.407 e. The number of fused-ring (bicyclic) bond motifs is 6. The van der Waals surface area contributed by atoms with Gasteiger partial charge >= 0.3 is 6.09 Å². The number of benzene rings is 4. The van der Waals surface area contributed by atoms with E-state index >= 15 is 0 Å². The maximum absolute atomic E-state index is 14.1. The summed E-state index contributed by atoms with van der Waals surface area (Å²) in [5, 5.41) is 8.92. The van der Waals surface area contributed by atoms with Crippen LogP contribution in [0.1, 0.15) is 97.3 Å². The number of ether oxygens (including phenoxy) is 1. The first-order valence-corrected chi connectivity index (χ1v) is 23.8. The number of H-pyrrole nitrogens is 2. The first-order chi connectivity index (χ1) is 31.4. The molecule has 0 radical (unpaired) electrons. The summed E-state index contributed by atoms with van der Waals surface area (Å²) in [5.74, 6) is 0.978. The van der Waals surface area contributed by atoms with Crippen molar-refractivity contribution >= 4 is 78.1 Å². The smallest absolute Gasteiger partial charge is 0.407 e. The number of nitrogens with one attached hydrogen (secondary N) is 4. The highest BCUT2D eigenvalue weighted by Crippen LogP contribution is 2.39. The first kappa shape index (κ1) is 43.9. The molecule has 4 amide bonds. The predicted octanol–water partition coefficient (Wildman–Crippen LogP) is 10.0. The molecule has 2 aliphatic rings. The molecule has 9 rings (SSSR count). The van der Waals surface area contributed by atoms with Crippen molar-refractivity contribution in [1.82, 2.24) is 40.4 Å². The minimum absolute atomic E-state index is 0.0401. The Bertz CT molecular complexity index is 2910. The van der Waals surface area contributed by atoms with Crippen LogP contribution >= 0.6 is 11.3 Å². The SMILES string of the molecule is COC(=O)N[C@H](C(=O)N1CCCC1c1nc2ccc3cc(-c4ccc(-c5cc6ccc7nc(CN(C(=O)[C@@H](NC(C)=O)C(C)C)C8CCCCC8)[nH]c7c6s5)cc4)ccc3c2[nH]1)C(C)C. The third-order valence-corrected chi connectivity index (χ3v) is 14.6. The van der Waals surface area contributed by atoms with Crippen LogP contribution < -0.4 is 10.6 Å². The summed E-state index contributed by atoms with van der Waals surface area (Å²) in [4.78, 5) is 74.2. The molecule has 1 saturated carbocycles. The van der Waals surface area contributed by atoms with Gasteiger partial charge < -0.3 is 35.1 Å². The summed E-state index contributed by atoms with van der Waals surface area (Å²) in [5.41, 5.74) is 6.97. The second kappa shape index (κ2) is 18.3. The molecule has 4 heterocycles. The number of nitrogens with zero attached hydrogens (tertiary/aromatic N) is 4. The lowest BCUT2D eigenvalue weighted by Crippen LogP contribution is -2.53. The number of aromatic nitrogens is 4. The molecule has 1 aliphatic heterocycles. The molecule has 3 atom stereocenters. The third-order valence-electron chi connectivity index (χ3n) is 13.3. The van der Waals surface area contributed by atoms with Crippen molar-refractivity contribution in [2.24, 2.45) is 11.8 Å². The van der Waals surface area contributed by atoms with Gasteiger partial charge in [0.1, 0.15) is 23.7 Å². The average molecular weight is 895 g/mol. The number of likely N-dealkylation sites (tertiary alicyclic amines) is 1. The van der Waals surface area contributed by atoms with E-state index < -0.39 is 18.2 Å². The number of carbonyl (C=O) groups excluding carboxylic acids is 4. The van der Waals surface area contributed by atoms with Crippen molar-refractivity contribution in [2.45, 2.75) is 110 Å². The van der Waals surface area contributed by atoms with Crippen molar-refractivity contribution in [3.8, 4) is 21.6 Å². The Balaban J connectivity index is 0.939. The van der Waals surface area contributed by atoms with Gasteiger partial charge in [0.15, 0.2) is 0 Å². The maximum atomic E-state index is 14.1. The quantitative estimate of drug-likeness (QED) is 0.0948. The van der Waals surface area contributed by atoms with Crippen LogP contribution in [0.25, 0.3) is 64.5 Å². The van der Waals surface area contributed by atoms with Gasteiger partial charge in [0.2, 0.25) is 17.7 Å². The van der Waals surface area contributed by atoms with Crippen molar-refractivity contribution in [1.29, 1.82) is 0 Å². The molecule has 0 spiro atoms. The van der Waals surface area contributed by atoms with E-state index in [1.165, 1.54) is 20.5 Å². The Morgan fingerprint density at radius 1 is 0.769 bits per heavy atom. The van der Waals surface area contributed by atoms with Gasteiger partial charge in [-0.2, -0.15) is 0 Å². The van der Waals surface area contributed by atoms with E-state index in [-0.39, 0.29) is 41.6 Å². The summed E-state index contributed by atoms with van der Waals surface area (Å²) in [6.07, 6.45) is 6.28. The van der Waals surface area contributed by atoms with Gasteiger partial charge in [-0.3, -0.25) is 14.4 Å². The van der Waals surface area contributed by atoms with Crippen LogP contribution in [0, 0.1) is 11.8 Å². The summed E-state index contributed by atoms with van der Waals surface area (Å²) in [6.45, 7) is 10.2. The standard InChI is InChI=1S/C51H58N8O5S/c1-28(2)43(52-30(5)60)50(62)59(36-11-8-7-9-12-36)27-42-53-39-23-20-35-26-41(65-47(35)46(39)55-42)32-16-14-31(15-17-32)33-18-21-37-34(25-33)19-22-38-45(37)56-48(54-38)40-13-10-24-58(40)49(61)44(29(3)4)57-51(63)64-6/h14-23,25-26,28-29,36,40,43-44H,7-13,24,27H2,1-6H3,(H,52,60)(H,53,55)(H,54,56)(H,57,63)/t40?,43-,44-/m0/s1. The fourth-order valence-electron chi connectivity index (χ4n) is 9.88. The topological polar surface area (TPSA) is 165 Å². The highest BCUT2D eigenvalue weighted by atomic mass is 32.1. The van der Waals surface area contributed by atoms with Crippen LogP contribution in [-0.2, 0) is 25.7 Å². The van der Waals surface area contributed by atoms with Crippen LogP contribution in [0.3, 0.4) is 0 Å². The van der Waals surface area contributed by atoms with Gasteiger partial charge in [0.05, 0.1) is 46.5 Å². The molecule has 2 fully saturated rings. The van der Waals surface area contributed by atoms with E-state index in [0.29, 0.717) is 13.1 Å². The van der Waals surface area contributed by atoms with E-state index in [4.69, 9.17) is 14.7 Å². The Morgan fingerprint density at radius 3 is 2.17 bits per heavy atom. The van der Waals surface area contributed by atoms with E-state index in [9.17, 15) is 19.2 Å². The van der Waals surface area contributed by atoms with Crippen molar-refractivity contribution in [3.05, 3.63) is 84.4 Å². The molecule has 3 aromatic heterocycles. The fourth-order valence-corrected chi connectivity index (χ4v) is 11.0. The van der Waals surface area contributed by atoms with E-state index in [2.05, 4.69) is 87.3 Å². The Morgan fingerprint density at radius 2 is 1.46 bits per heavy atom. The minimum atomic E-state index is -0.692. The van der Waals surface area contributed by atoms with Gasteiger partial charge in [0.25, 0.3) is 0 Å². The number of methoxy groups -OCH3 is 1. The second-order valence-electron chi connectivity index (χ2n) is 18.5. The highest BCUT2D eigenvalue weighted by Gasteiger charge is 2.38. The molecule has 1 unspecified atom stereocenters. The van der Waals surface area contributed by atoms with Crippen LogP contribution in [0.2, 0.25) is 0 Å². The number of alkyl carbamates (subject to hydrolysis) is 1. The number of hydrogen-bond acceptors (Lipinski definition) is 8. The molecular formula is C51H58N8O5S. The lowest BCUT2D eigenvalue weighted by atomic mass is 9.92. The Hall–Kier alpha value is -6.28. The number of imidazole rings is 2. The van der Waals surface area contributed by atoms with E-state index in [1.54, 1.807) is 11.3 Å². The van der Waals surface area contributed by atoms with Crippen LogP contribution in [0.15, 0.2) is 72.8 Å². The lowest BCUT2D eigenvalue weighted by Gasteiger charge is -2.37. The summed E-state index contributed by atoms with van der Waals surface area (Å²) < 4.78 is 5.93. The van der Waals surface area contributed by atoms with Crippen molar-refractivity contribution < 1.29 is 23.9 Å². The summed E-state index contributed by atoms with van der Waals surface area (Å²) in [6, 6.07) is 24.4. The molecule has 338 valence electrons. The first-order valence-electron chi connectivity index (χ1n) is 23.0. The highest BCUT2D eigenvalue weighted by molar-refractivity contribution is 7.23. The Kier molecular flexibility index (Phi) is 12.4. The molecule has 4 N–H and O–H groups in total. The molecule has 65 heavy (non-hydrogen) atoms. The molecule has 1 saturated heterocycles. The van der Waals surface area contributed by atoms with E-state index in [0.717, 1.165) is 115 Å². The number of amides is 4. The van der Waals surface area contributed by atoms with E-state index in [1.807, 2.05) is 43.6 Å². The van der Waals surface area contributed by atoms with Crippen molar-refractivity contribution in [3.63, 3.8) is 0 Å². The second-order valence-corrected chi connectivity index (χ2v) is 19.5. The van der Waals surface area contributed by atoms with Crippen LogP contribution in [-0.4, -0.2) is 85.3 Å². The zero-order valence-corrected chi connectivity index (χ0v) is 38.8. The average Bonchev–Trinajstić information content (AvgIpc) is 4.14. The predicted molar refractivity (Wildman–Crippen MR) is 257 cm³/mol. The van der Waals surface area contributed by atoms with Gasteiger partial charge in [0, 0.05) is 29.8 Å². The monoisotopic (exact) mass is 894 g/mol. The zero-order chi connectivity index (χ0) is 45.5. The number of rotatable bonds is 12. The Labute approximate surface area is 382 Å². The molecule has 7 aromatic rings. The van der Waals surface area contributed by atoms with Gasteiger partial charge in [-0.05, 0) is 89.2 Å². The number of hydrogen-bond donors (Lipinski definition) is 4. The third kappa shape index (κ3) is 8.80. The van der Waals surface area contributed by atoms with Gasteiger partial charge in [-0.15, -0.1) is 11.3 Å². The van der Waals surface area contributed by atoms with Crippen molar-refractivity contribution in [2.75, 3.05) is 13.7 Å². The molecular weight excluding hydrogens is 837 g/mol. The number of aromatic amines is 2. The normalized spacial score (nSPS) is 16.8. The van der Waals surface area contributed by atoms with Crippen LogP contribution in [0.4, 0.5) is 4.79 Å². The zero-order valence-electron chi connectivity index (χ0n) is 38.0. The minimum Gasteiger partial charge on any atom is -0.453 e. The lowest BCUT2D eigenvalue weighted by molar-refractivity contribution is -0.140. The van der Waals surface area contributed by atoms with Gasteiger partial charge in [-0.25, -0.2) is 14.8 Å². The molecule has 4 aromatic carbocycles.